The van der Waals surface area contributed by atoms with E-state index in [4.69, 9.17) is 5.73 Å². The van der Waals surface area contributed by atoms with Crippen LogP contribution in [-0.2, 0) is 6.42 Å². The van der Waals surface area contributed by atoms with Crippen molar-refractivity contribution in [3.63, 3.8) is 0 Å². The smallest absolute Gasteiger partial charge is 0.343 e. The summed E-state index contributed by atoms with van der Waals surface area (Å²) in [5.41, 5.74) is 6.96. The van der Waals surface area contributed by atoms with Gasteiger partial charge in [0.15, 0.2) is 5.82 Å². The quantitative estimate of drug-likeness (QED) is 0.759. The number of rotatable bonds is 4. The number of phenolic OH excluding ortho intramolecular Hbond substituents is 1. The number of benzene rings is 1. The first-order valence-electron chi connectivity index (χ1n) is 6.35. The molecule has 1 aromatic heterocycles. The number of aromatic nitrogens is 3. The summed E-state index contributed by atoms with van der Waals surface area (Å²) in [6.07, 6.45) is 2.61. The first kappa shape index (κ1) is 12.0. The lowest BCUT2D eigenvalue weighted by atomic mass is 10.1. The average molecular weight is 260 g/mol. The van der Waals surface area contributed by atoms with E-state index in [0.717, 1.165) is 18.4 Å². The van der Waals surface area contributed by atoms with Crippen molar-refractivity contribution in [1.29, 1.82) is 0 Å². The van der Waals surface area contributed by atoms with Crippen LogP contribution in [0.3, 0.4) is 0 Å². The van der Waals surface area contributed by atoms with Crippen molar-refractivity contribution < 1.29 is 5.11 Å². The van der Waals surface area contributed by atoms with E-state index in [1.165, 1.54) is 0 Å². The minimum Gasteiger partial charge on any atom is -0.508 e. The van der Waals surface area contributed by atoms with Crippen LogP contribution < -0.4 is 11.4 Å². The Morgan fingerprint density at radius 1 is 1.42 bits per heavy atom. The lowest BCUT2D eigenvalue weighted by Gasteiger charge is -2.12. The van der Waals surface area contributed by atoms with Crippen molar-refractivity contribution >= 4 is 0 Å². The summed E-state index contributed by atoms with van der Waals surface area (Å²) in [5, 5.41) is 15.8. The second-order valence-electron chi connectivity index (χ2n) is 4.97. The van der Waals surface area contributed by atoms with Gasteiger partial charge in [0.25, 0.3) is 0 Å². The Morgan fingerprint density at radius 2 is 2.11 bits per heavy atom. The average Bonchev–Trinajstić information content (AvgIpc) is 3.15. The third kappa shape index (κ3) is 2.39. The Hall–Kier alpha value is -2.08. The molecule has 2 aromatic rings. The number of nitrogens with one attached hydrogen (secondary N) is 1. The number of nitrogens with zero attached hydrogens (tertiary/aromatic N) is 2. The highest BCUT2D eigenvalue weighted by Gasteiger charge is 2.30. The van der Waals surface area contributed by atoms with Gasteiger partial charge in [-0.15, -0.1) is 0 Å². The summed E-state index contributed by atoms with van der Waals surface area (Å²) >= 11 is 0. The molecule has 0 saturated heterocycles. The molecule has 1 aromatic carbocycles. The molecule has 100 valence electrons. The highest BCUT2D eigenvalue weighted by Crippen LogP contribution is 2.35. The Bertz CT molecular complexity index is 625. The van der Waals surface area contributed by atoms with Crippen molar-refractivity contribution in [2.75, 3.05) is 0 Å². The van der Waals surface area contributed by atoms with E-state index in [1.807, 2.05) is 12.1 Å². The minimum absolute atomic E-state index is 0.182. The number of aromatic amines is 1. The summed E-state index contributed by atoms with van der Waals surface area (Å²) < 4.78 is 1.67. The molecule has 0 aliphatic heterocycles. The Kier molecular flexibility index (Phi) is 2.87. The van der Waals surface area contributed by atoms with Crippen LogP contribution in [0.5, 0.6) is 5.75 Å². The minimum atomic E-state index is -0.330. The highest BCUT2D eigenvalue weighted by molar-refractivity contribution is 5.26. The number of aromatic hydroxyl groups is 1. The van der Waals surface area contributed by atoms with Crippen molar-refractivity contribution in [2.45, 2.75) is 31.3 Å². The fraction of sp³-hybridized carbons (Fsp3) is 0.385. The first-order chi connectivity index (χ1) is 9.15. The molecule has 1 fully saturated rings. The monoisotopic (exact) mass is 260 g/mol. The van der Waals surface area contributed by atoms with Crippen molar-refractivity contribution in [3.05, 3.63) is 46.1 Å². The third-order valence-corrected chi connectivity index (χ3v) is 3.37. The molecular weight excluding hydrogens is 244 g/mol. The molecule has 4 N–H and O–H groups in total. The van der Waals surface area contributed by atoms with Gasteiger partial charge >= 0.3 is 5.69 Å². The maximum atomic E-state index is 11.7. The standard InChI is InChI=1S/C13H16N4O2/c14-11(7-8-1-5-10(18)6-2-8)12-15-16-13(19)17(12)9-3-4-9/h1-2,5-6,9,11,18H,3-4,7,14H2,(H,16,19)/t11-/m0/s1. The molecule has 1 atom stereocenters. The van der Waals surface area contributed by atoms with Crippen LogP contribution in [0.25, 0.3) is 0 Å². The number of nitrogens with two attached hydrogens (primary N) is 1. The predicted molar refractivity (Wildman–Crippen MR) is 69.9 cm³/mol. The topological polar surface area (TPSA) is 96.9 Å². The number of phenols is 1. The summed E-state index contributed by atoms with van der Waals surface area (Å²) in [6, 6.07) is 6.82. The molecule has 3 rings (SSSR count). The van der Waals surface area contributed by atoms with Gasteiger partial charge < -0.3 is 10.8 Å². The van der Waals surface area contributed by atoms with Gasteiger partial charge in [-0.2, -0.15) is 5.10 Å². The highest BCUT2D eigenvalue weighted by atomic mass is 16.3. The largest absolute Gasteiger partial charge is 0.508 e. The van der Waals surface area contributed by atoms with Crippen LogP contribution in [0.4, 0.5) is 0 Å². The van der Waals surface area contributed by atoms with Crippen LogP contribution >= 0.6 is 0 Å². The number of hydrogen-bond donors (Lipinski definition) is 3. The molecule has 1 aliphatic carbocycles. The van der Waals surface area contributed by atoms with Crippen molar-refractivity contribution in [1.82, 2.24) is 14.8 Å². The first-order valence-corrected chi connectivity index (χ1v) is 6.35. The molecule has 6 nitrogen and oxygen atoms in total. The SMILES string of the molecule is N[C@@H](Cc1ccc(O)cc1)c1n[nH]c(=O)n1C1CC1. The van der Waals surface area contributed by atoms with Crippen LogP contribution in [0.15, 0.2) is 29.1 Å². The van der Waals surface area contributed by atoms with Gasteiger partial charge in [-0.3, -0.25) is 4.57 Å². The molecule has 1 aliphatic rings. The van der Waals surface area contributed by atoms with Gasteiger partial charge in [0.2, 0.25) is 0 Å². The molecule has 1 saturated carbocycles. The van der Waals surface area contributed by atoms with Crippen LogP contribution in [0.1, 0.15) is 36.3 Å². The second kappa shape index (κ2) is 4.55. The lowest BCUT2D eigenvalue weighted by Crippen LogP contribution is -2.23. The van der Waals surface area contributed by atoms with E-state index in [-0.39, 0.29) is 23.5 Å². The van der Waals surface area contributed by atoms with Gasteiger partial charge in [-0.25, -0.2) is 9.89 Å². The van der Waals surface area contributed by atoms with E-state index in [2.05, 4.69) is 10.2 Å². The van der Waals surface area contributed by atoms with E-state index >= 15 is 0 Å². The Morgan fingerprint density at radius 3 is 2.74 bits per heavy atom. The van der Waals surface area contributed by atoms with Crippen LogP contribution in [0, 0.1) is 0 Å². The molecule has 6 heteroatoms. The van der Waals surface area contributed by atoms with E-state index in [9.17, 15) is 9.90 Å². The zero-order valence-electron chi connectivity index (χ0n) is 10.4. The van der Waals surface area contributed by atoms with E-state index in [1.54, 1.807) is 16.7 Å². The Labute approximate surface area is 109 Å². The zero-order chi connectivity index (χ0) is 13.4. The normalized spacial score (nSPS) is 16.5. The molecule has 0 bridgehead atoms. The van der Waals surface area contributed by atoms with Gasteiger partial charge in [0.05, 0.1) is 6.04 Å². The van der Waals surface area contributed by atoms with E-state index < -0.39 is 0 Å². The number of H-pyrrole nitrogens is 1. The Balaban J connectivity index is 1.82. The third-order valence-electron chi connectivity index (χ3n) is 3.37. The number of hydrogen-bond acceptors (Lipinski definition) is 4. The van der Waals surface area contributed by atoms with Crippen molar-refractivity contribution in [3.8, 4) is 5.75 Å². The van der Waals surface area contributed by atoms with Crippen LogP contribution in [0.2, 0.25) is 0 Å². The van der Waals surface area contributed by atoms with Gasteiger partial charge in [-0.1, -0.05) is 12.1 Å². The molecule has 0 amide bonds. The summed E-state index contributed by atoms with van der Waals surface area (Å²) in [4.78, 5) is 11.7. The van der Waals surface area contributed by atoms with Crippen molar-refractivity contribution in [2.24, 2.45) is 5.73 Å². The molecule has 0 unspecified atom stereocenters. The summed E-state index contributed by atoms with van der Waals surface area (Å²) in [7, 11) is 0. The fourth-order valence-electron chi connectivity index (χ4n) is 2.24. The lowest BCUT2D eigenvalue weighted by molar-refractivity contribution is 0.475. The maximum absolute atomic E-state index is 11.7. The predicted octanol–water partition coefficient (Wildman–Crippen LogP) is 0.854. The molecule has 1 heterocycles. The van der Waals surface area contributed by atoms with Gasteiger partial charge in [0.1, 0.15) is 5.75 Å². The molecule has 0 spiro atoms. The van der Waals surface area contributed by atoms with Gasteiger partial charge in [-0.05, 0) is 37.0 Å². The summed E-state index contributed by atoms with van der Waals surface area (Å²) in [5.74, 6) is 0.840. The van der Waals surface area contributed by atoms with E-state index in [0.29, 0.717) is 12.2 Å². The molecule has 0 radical (unpaired) electrons. The maximum Gasteiger partial charge on any atom is 0.343 e. The second-order valence-corrected chi connectivity index (χ2v) is 4.97. The van der Waals surface area contributed by atoms with Gasteiger partial charge in [0, 0.05) is 6.04 Å². The zero-order valence-corrected chi connectivity index (χ0v) is 10.4. The fourth-order valence-corrected chi connectivity index (χ4v) is 2.24. The van der Waals surface area contributed by atoms with Crippen LogP contribution in [-0.4, -0.2) is 19.9 Å². The molecule has 19 heavy (non-hydrogen) atoms. The summed E-state index contributed by atoms with van der Waals surface area (Å²) in [6.45, 7) is 0. The molecular formula is C13H16N4O2.